The smallest absolute Gasteiger partial charge is 0.251 e. The van der Waals surface area contributed by atoms with Crippen molar-refractivity contribution >= 4 is 0 Å². The molecule has 0 radical (unpaired) electrons. The van der Waals surface area contributed by atoms with Crippen LogP contribution >= 0.6 is 0 Å². The van der Waals surface area contributed by atoms with Gasteiger partial charge in [0.1, 0.15) is 0 Å². The first-order chi connectivity index (χ1) is 13.3. The second kappa shape index (κ2) is 7.29. The zero-order valence-corrected chi connectivity index (χ0v) is 16.4. The Bertz CT molecular complexity index is 676. The zero-order valence-electron chi connectivity index (χ0n) is 16.4. The van der Waals surface area contributed by atoms with E-state index in [-0.39, 0.29) is 6.10 Å². The SMILES string of the molecule is NC[C@@H]1O[C@H](C2CCCCC2)CCc2c1ccc1c2OC2(CCCCC2)O1. The molecule has 148 valence electrons. The molecule has 2 aliphatic heterocycles. The second-order valence-electron chi connectivity index (χ2n) is 8.97. The first kappa shape index (κ1) is 17.8. The maximum atomic E-state index is 6.60. The molecule has 2 saturated carbocycles. The van der Waals surface area contributed by atoms with Crippen LogP contribution in [-0.4, -0.2) is 18.4 Å². The van der Waals surface area contributed by atoms with Crippen LogP contribution in [0, 0.1) is 5.92 Å². The fourth-order valence-corrected chi connectivity index (χ4v) is 5.75. The second-order valence-corrected chi connectivity index (χ2v) is 8.97. The van der Waals surface area contributed by atoms with Crippen LogP contribution in [0.15, 0.2) is 12.1 Å². The van der Waals surface area contributed by atoms with Gasteiger partial charge in [0.15, 0.2) is 11.5 Å². The predicted octanol–water partition coefficient (Wildman–Crippen LogP) is 5.03. The van der Waals surface area contributed by atoms with Gasteiger partial charge in [-0.2, -0.15) is 0 Å². The molecule has 1 aromatic rings. The Balaban J connectivity index is 1.43. The van der Waals surface area contributed by atoms with Gasteiger partial charge < -0.3 is 19.9 Å². The summed E-state index contributed by atoms with van der Waals surface area (Å²) in [4.78, 5) is 0. The third-order valence-corrected chi connectivity index (χ3v) is 7.21. The van der Waals surface area contributed by atoms with E-state index in [0.717, 1.165) is 37.2 Å². The lowest BCUT2D eigenvalue weighted by molar-refractivity contribution is -0.105. The highest BCUT2D eigenvalue weighted by molar-refractivity contribution is 5.54. The van der Waals surface area contributed by atoms with Crippen molar-refractivity contribution in [2.24, 2.45) is 11.7 Å². The maximum Gasteiger partial charge on any atom is 0.251 e. The van der Waals surface area contributed by atoms with Gasteiger partial charge >= 0.3 is 0 Å². The van der Waals surface area contributed by atoms with E-state index >= 15 is 0 Å². The summed E-state index contributed by atoms with van der Waals surface area (Å²) in [6.07, 6.45) is 14.7. The van der Waals surface area contributed by atoms with Crippen molar-refractivity contribution in [1.29, 1.82) is 0 Å². The van der Waals surface area contributed by atoms with E-state index in [0.29, 0.717) is 18.6 Å². The summed E-state index contributed by atoms with van der Waals surface area (Å²) >= 11 is 0. The first-order valence-electron chi connectivity index (χ1n) is 11.2. The number of hydrogen-bond acceptors (Lipinski definition) is 4. The number of hydrogen-bond donors (Lipinski definition) is 1. The summed E-state index contributed by atoms with van der Waals surface area (Å²) in [6.45, 7) is 0.529. The van der Waals surface area contributed by atoms with E-state index in [1.54, 1.807) is 0 Å². The summed E-state index contributed by atoms with van der Waals surface area (Å²) < 4.78 is 19.5. The Labute approximate surface area is 162 Å². The zero-order chi connectivity index (χ0) is 18.3. The molecule has 4 nitrogen and oxygen atoms in total. The van der Waals surface area contributed by atoms with Crippen molar-refractivity contribution in [1.82, 2.24) is 0 Å². The van der Waals surface area contributed by atoms with Gasteiger partial charge in [0.25, 0.3) is 5.79 Å². The van der Waals surface area contributed by atoms with E-state index in [1.807, 2.05) is 0 Å². The minimum absolute atomic E-state index is 0.0220. The van der Waals surface area contributed by atoms with Crippen molar-refractivity contribution in [3.05, 3.63) is 23.3 Å². The molecule has 2 N–H and O–H groups in total. The van der Waals surface area contributed by atoms with Crippen molar-refractivity contribution in [3.63, 3.8) is 0 Å². The molecule has 1 aromatic carbocycles. The molecule has 2 fully saturated rings. The van der Waals surface area contributed by atoms with Gasteiger partial charge in [-0.25, -0.2) is 0 Å². The van der Waals surface area contributed by atoms with E-state index in [9.17, 15) is 0 Å². The van der Waals surface area contributed by atoms with Gasteiger partial charge in [0.05, 0.1) is 12.2 Å². The predicted molar refractivity (Wildman–Crippen MR) is 105 cm³/mol. The molecule has 2 atom stereocenters. The largest absolute Gasteiger partial charge is 0.448 e. The Morgan fingerprint density at radius 3 is 2.48 bits per heavy atom. The number of nitrogens with two attached hydrogens (primary N) is 1. The number of benzene rings is 1. The molecule has 2 aliphatic carbocycles. The Hall–Kier alpha value is -1.26. The van der Waals surface area contributed by atoms with Gasteiger partial charge in [-0.15, -0.1) is 0 Å². The van der Waals surface area contributed by atoms with Crippen LogP contribution in [0.2, 0.25) is 0 Å². The van der Waals surface area contributed by atoms with Crippen LogP contribution in [0.5, 0.6) is 11.5 Å². The maximum absolute atomic E-state index is 6.60. The van der Waals surface area contributed by atoms with E-state index in [1.165, 1.54) is 62.5 Å². The first-order valence-corrected chi connectivity index (χ1v) is 11.2. The lowest BCUT2D eigenvalue weighted by Gasteiger charge is -2.31. The molecule has 2 heterocycles. The highest BCUT2D eigenvalue weighted by atomic mass is 16.7. The molecule has 0 amide bonds. The van der Waals surface area contributed by atoms with Crippen LogP contribution in [0.4, 0.5) is 0 Å². The van der Waals surface area contributed by atoms with E-state index < -0.39 is 5.79 Å². The Kier molecular flexibility index (Phi) is 4.81. The average molecular weight is 372 g/mol. The lowest BCUT2D eigenvalue weighted by atomic mass is 9.83. The summed E-state index contributed by atoms with van der Waals surface area (Å²) in [6, 6.07) is 4.27. The molecular formula is C23H33NO3. The van der Waals surface area contributed by atoms with Crippen LogP contribution in [0.25, 0.3) is 0 Å². The lowest BCUT2D eigenvalue weighted by Crippen LogP contribution is -2.40. The summed E-state index contributed by atoms with van der Waals surface area (Å²) in [5, 5.41) is 0. The molecule has 4 heteroatoms. The quantitative estimate of drug-likeness (QED) is 0.792. The Morgan fingerprint density at radius 2 is 1.70 bits per heavy atom. The van der Waals surface area contributed by atoms with Gasteiger partial charge in [-0.3, -0.25) is 0 Å². The highest BCUT2D eigenvalue weighted by Gasteiger charge is 2.44. The fourth-order valence-electron chi connectivity index (χ4n) is 5.75. The molecule has 5 rings (SSSR count). The summed E-state index contributed by atoms with van der Waals surface area (Å²) in [7, 11) is 0. The monoisotopic (exact) mass is 371 g/mol. The Morgan fingerprint density at radius 1 is 0.926 bits per heavy atom. The molecule has 4 aliphatic rings. The van der Waals surface area contributed by atoms with Crippen molar-refractivity contribution in [2.75, 3.05) is 6.54 Å². The van der Waals surface area contributed by atoms with Crippen LogP contribution in [0.3, 0.4) is 0 Å². The molecular weight excluding hydrogens is 338 g/mol. The molecule has 0 bridgehead atoms. The topological polar surface area (TPSA) is 53.7 Å². The molecule has 0 unspecified atom stereocenters. The summed E-state index contributed by atoms with van der Waals surface area (Å²) in [5.41, 5.74) is 8.69. The van der Waals surface area contributed by atoms with Gasteiger partial charge in [0.2, 0.25) is 0 Å². The molecule has 1 spiro atoms. The highest BCUT2D eigenvalue weighted by Crippen LogP contribution is 2.50. The number of fused-ring (bicyclic) bond motifs is 3. The third-order valence-electron chi connectivity index (χ3n) is 7.21. The van der Waals surface area contributed by atoms with Crippen LogP contribution in [0.1, 0.15) is 87.9 Å². The van der Waals surface area contributed by atoms with E-state index in [2.05, 4.69) is 12.1 Å². The molecule has 27 heavy (non-hydrogen) atoms. The standard InChI is InChI=1S/C23H33NO3/c24-15-21-17-9-12-20-22(27-23(26-20)13-5-2-6-14-23)18(17)10-11-19(25-21)16-7-3-1-4-8-16/h9,12,16,19,21H,1-8,10-11,13-15,24H2/t19-,21-/m0/s1. The summed E-state index contributed by atoms with van der Waals surface area (Å²) in [5.74, 6) is 2.20. The fraction of sp³-hybridized carbons (Fsp3) is 0.739. The average Bonchev–Trinajstić information content (AvgIpc) is 2.95. The van der Waals surface area contributed by atoms with Crippen LogP contribution < -0.4 is 15.2 Å². The van der Waals surface area contributed by atoms with Crippen molar-refractivity contribution in [2.45, 2.75) is 95.0 Å². The minimum atomic E-state index is -0.413. The molecule has 0 aromatic heterocycles. The number of ether oxygens (including phenoxy) is 3. The number of rotatable bonds is 2. The van der Waals surface area contributed by atoms with Crippen LogP contribution in [-0.2, 0) is 11.2 Å². The van der Waals surface area contributed by atoms with Gasteiger partial charge in [-0.05, 0) is 56.1 Å². The minimum Gasteiger partial charge on any atom is -0.448 e. The van der Waals surface area contributed by atoms with Gasteiger partial charge in [0, 0.05) is 24.9 Å². The van der Waals surface area contributed by atoms with Crippen molar-refractivity contribution in [3.8, 4) is 11.5 Å². The van der Waals surface area contributed by atoms with Crippen molar-refractivity contribution < 1.29 is 14.2 Å². The van der Waals surface area contributed by atoms with Gasteiger partial charge in [-0.1, -0.05) is 31.7 Å². The normalized spacial score (nSPS) is 30.1. The van der Waals surface area contributed by atoms with E-state index in [4.69, 9.17) is 19.9 Å². The molecule has 0 saturated heterocycles. The third kappa shape index (κ3) is 3.25.